The van der Waals surface area contributed by atoms with Crippen LogP contribution in [0, 0.1) is 0 Å². The van der Waals surface area contributed by atoms with Crippen molar-refractivity contribution in [3.05, 3.63) is 131 Å². The number of hydrogen-bond donors (Lipinski definition) is 2. The minimum absolute atomic E-state index is 0.0155. The van der Waals surface area contributed by atoms with Crippen molar-refractivity contribution in [3.8, 4) is 33.6 Å². The Morgan fingerprint density at radius 2 is 1.29 bits per heavy atom. The number of aromatic amines is 2. The summed E-state index contributed by atoms with van der Waals surface area (Å²) in [4.78, 5) is 49.5. The summed E-state index contributed by atoms with van der Waals surface area (Å²) in [6, 6.07) is 28.6. The predicted molar refractivity (Wildman–Crippen MR) is 205 cm³/mol. The standard InChI is InChI=1S/C42H43N7O2S/c1-47(2)39(33-8-4-3-5-9-33)42(51)49-22-7-11-37(49)41-44-26-35(46-41)32-18-14-30(15-19-32)29-12-16-31(17-13-29)34-25-43-40(45-34)36-10-6-21-48(36)38(50)24-28-20-23-52-27-28/h3-5,8-9,12-20,23,25-27,36-37,39H,6-7,10-11,21-22,24H2,1-2H3,(H,43,45)(H,44,46)/t36-,37-,39?/m0/s1. The number of carbonyl (C=O) groups excluding carboxylic acids is 2. The topological polar surface area (TPSA) is 101 Å². The van der Waals surface area contributed by atoms with Crippen molar-refractivity contribution in [2.45, 2.75) is 50.2 Å². The third kappa shape index (κ3) is 6.83. The van der Waals surface area contributed by atoms with Gasteiger partial charge in [-0.2, -0.15) is 11.3 Å². The molecule has 0 saturated carbocycles. The van der Waals surface area contributed by atoms with E-state index >= 15 is 0 Å². The third-order valence-electron chi connectivity index (χ3n) is 10.5. The van der Waals surface area contributed by atoms with E-state index in [0.29, 0.717) is 6.42 Å². The van der Waals surface area contributed by atoms with E-state index in [2.05, 4.69) is 58.5 Å². The Hall–Kier alpha value is -5.32. The summed E-state index contributed by atoms with van der Waals surface area (Å²) < 4.78 is 0. The van der Waals surface area contributed by atoms with Crippen LogP contribution in [-0.2, 0) is 16.0 Å². The second-order valence-electron chi connectivity index (χ2n) is 14.0. The van der Waals surface area contributed by atoms with Gasteiger partial charge < -0.3 is 19.8 Å². The molecule has 6 aromatic rings. The highest BCUT2D eigenvalue weighted by Crippen LogP contribution is 2.36. The van der Waals surface area contributed by atoms with Gasteiger partial charge >= 0.3 is 0 Å². The Morgan fingerprint density at radius 3 is 1.83 bits per heavy atom. The van der Waals surface area contributed by atoms with Crippen molar-refractivity contribution in [1.82, 2.24) is 34.6 Å². The zero-order chi connectivity index (χ0) is 35.6. The van der Waals surface area contributed by atoms with Crippen molar-refractivity contribution in [1.29, 1.82) is 0 Å². The third-order valence-corrected chi connectivity index (χ3v) is 11.2. The maximum absolute atomic E-state index is 13.9. The smallest absolute Gasteiger partial charge is 0.245 e. The molecular formula is C42H43N7O2S. The van der Waals surface area contributed by atoms with Gasteiger partial charge in [0.05, 0.1) is 42.3 Å². The van der Waals surface area contributed by atoms with Gasteiger partial charge in [0.2, 0.25) is 11.8 Å². The summed E-state index contributed by atoms with van der Waals surface area (Å²) in [5.74, 6) is 1.95. The first-order chi connectivity index (χ1) is 25.4. The predicted octanol–water partition coefficient (Wildman–Crippen LogP) is 8.07. The van der Waals surface area contributed by atoms with Crippen LogP contribution >= 0.6 is 11.3 Å². The molecule has 9 nitrogen and oxygen atoms in total. The van der Waals surface area contributed by atoms with Gasteiger partial charge in [-0.15, -0.1) is 0 Å². The lowest BCUT2D eigenvalue weighted by Gasteiger charge is -2.31. The zero-order valence-corrected chi connectivity index (χ0v) is 30.4. The average Bonchev–Trinajstić information content (AvgIpc) is 4.02. The minimum atomic E-state index is -0.337. The first-order valence-corrected chi connectivity index (χ1v) is 19.0. The van der Waals surface area contributed by atoms with Crippen LogP contribution in [0.15, 0.2) is 108 Å². The van der Waals surface area contributed by atoms with E-state index in [1.165, 1.54) is 0 Å². The molecule has 3 atom stereocenters. The first kappa shape index (κ1) is 33.8. The summed E-state index contributed by atoms with van der Waals surface area (Å²) in [6.45, 7) is 1.49. The number of nitrogens with one attached hydrogen (secondary N) is 2. The molecule has 8 rings (SSSR count). The summed E-state index contributed by atoms with van der Waals surface area (Å²) in [5.41, 5.74) is 8.30. The van der Waals surface area contributed by atoms with E-state index in [1.54, 1.807) is 11.3 Å². The highest BCUT2D eigenvalue weighted by atomic mass is 32.1. The molecule has 52 heavy (non-hydrogen) atoms. The number of carbonyl (C=O) groups is 2. The number of likely N-dealkylation sites (tertiary alicyclic amines) is 2. The molecule has 3 aromatic carbocycles. The molecule has 0 bridgehead atoms. The lowest BCUT2D eigenvalue weighted by atomic mass is 10.0. The molecule has 10 heteroatoms. The number of imidazole rings is 2. The Bertz CT molecular complexity index is 2120. The number of rotatable bonds is 10. The van der Waals surface area contributed by atoms with Crippen molar-refractivity contribution >= 4 is 23.2 Å². The van der Waals surface area contributed by atoms with Crippen LogP contribution in [0.4, 0.5) is 0 Å². The summed E-state index contributed by atoms with van der Waals surface area (Å²) in [7, 11) is 3.92. The van der Waals surface area contributed by atoms with E-state index in [9.17, 15) is 9.59 Å². The second kappa shape index (κ2) is 14.7. The monoisotopic (exact) mass is 709 g/mol. The van der Waals surface area contributed by atoms with Crippen LogP contribution in [-0.4, -0.2) is 73.6 Å². The van der Waals surface area contributed by atoms with Crippen molar-refractivity contribution < 1.29 is 9.59 Å². The molecule has 3 aromatic heterocycles. The SMILES string of the molecule is CN(C)C(C(=O)N1CCC[C@H]1c1ncc(-c2ccc(-c3ccc(-c4cnc([C@@H]5CCCN5C(=O)Cc5ccsc5)[nH]4)cc3)cc2)[nH]1)c1ccccc1. The van der Waals surface area contributed by atoms with Crippen LogP contribution in [0.25, 0.3) is 33.6 Å². The second-order valence-corrected chi connectivity index (χ2v) is 14.8. The Morgan fingerprint density at radius 1 is 0.750 bits per heavy atom. The van der Waals surface area contributed by atoms with E-state index < -0.39 is 0 Å². The molecule has 2 aliphatic rings. The maximum Gasteiger partial charge on any atom is 0.245 e. The molecular weight excluding hydrogens is 667 g/mol. The van der Waals surface area contributed by atoms with Gasteiger partial charge in [-0.05, 0) is 90.0 Å². The number of thiophene rings is 1. The van der Waals surface area contributed by atoms with Crippen LogP contribution in [0.5, 0.6) is 0 Å². The number of H-pyrrole nitrogens is 2. The largest absolute Gasteiger partial charge is 0.340 e. The molecule has 2 amide bonds. The molecule has 1 unspecified atom stereocenters. The first-order valence-electron chi connectivity index (χ1n) is 18.1. The maximum atomic E-state index is 13.9. The molecule has 2 N–H and O–H groups in total. The van der Waals surface area contributed by atoms with Gasteiger partial charge in [0.1, 0.15) is 17.7 Å². The molecule has 0 aliphatic carbocycles. The average molecular weight is 710 g/mol. The lowest BCUT2D eigenvalue weighted by molar-refractivity contribution is -0.137. The quantitative estimate of drug-likeness (QED) is 0.150. The van der Waals surface area contributed by atoms with Gasteiger partial charge in [0, 0.05) is 13.1 Å². The van der Waals surface area contributed by atoms with E-state index in [1.807, 2.05) is 88.3 Å². The van der Waals surface area contributed by atoms with Crippen LogP contribution in [0.1, 0.15) is 66.6 Å². The van der Waals surface area contributed by atoms with Crippen LogP contribution < -0.4 is 0 Å². The summed E-state index contributed by atoms with van der Waals surface area (Å²) in [5, 5.41) is 4.06. The van der Waals surface area contributed by atoms with E-state index in [0.717, 1.165) is 95.2 Å². The van der Waals surface area contributed by atoms with Crippen molar-refractivity contribution in [2.24, 2.45) is 0 Å². The van der Waals surface area contributed by atoms with Gasteiger partial charge in [-0.3, -0.25) is 14.5 Å². The van der Waals surface area contributed by atoms with Crippen molar-refractivity contribution in [3.63, 3.8) is 0 Å². The molecule has 5 heterocycles. The fourth-order valence-corrected chi connectivity index (χ4v) is 8.45. The molecule has 2 saturated heterocycles. The van der Waals surface area contributed by atoms with Gasteiger partial charge in [-0.25, -0.2) is 9.97 Å². The summed E-state index contributed by atoms with van der Waals surface area (Å²) >= 11 is 1.62. The number of benzene rings is 3. The number of likely N-dealkylation sites (N-methyl/N-ethyl adjacent to an activating group) is 1. The van der Waals surface area contributed by atoms with E-state index in [-0.39, 0.29) is 29.9 Å². The highest BCUT2D eigenvalue weighted by Gasteiger charge is 2.37. The van der Waals surface area contributed by atoms with E-state index in [4.69, 9.17) is 9.97 Å². The summed E-state index contributed by atoms with van der Waals surface area (Å²) in [6.07, 6.45) is 7.93. The molecule has 0 spiro atoms. The number of nitrogens with zero attached hydrogens (tertiary/aromatic N) is 5. The molecule has 0 radical (unpaired) electrons. The zero-order valence-electron chi connectivity index (χ0n) is 29.5. The van der Waals surface area contributed by atoms with Crippen molar-refractivity contribution in [2.75, 3.05) is 27.2 Å². The fourth-order valence-electron chi connectivity index (χ4n) is 7.78. The normalized spacial score (nSPS) is 18.0. The molecule has 2 fully saturated rings. The van der Waals surface area contributed by atoms with Gasteiger partial charge in [-0.1, -0.05) is 78.9 Å². The molecule has 264 valence electrons. The van der Waals surface area contributed by atoms with Crippen LogP contribution in [0.3, 0.4) is 0 Å². The molecule has 2 aliphatic heterocycles. The number of hydrogen-bond acceptors (Lipinski definition) is 6. The minimum Gasteiger partial charge on any atom is -0.340 e. The lowest BCUT2D eigenvalue weighted by Crippen LogP contribution is -2.40. The Labute approximate surface area is 308 Å². The van der Waals surface area contributed by atoms with Crippen LogP contribution in [0.2, 0.25) is 0 Å². The number of amides is 2. The Balaban J connectivity index is 0.925. The number of aromatic nitrogens is 4. The van der Waals surface area contributed by atoms with Gasteiger partial charge in [0.15, 0.2) is 0 Å². The fraction of sp³-hybridized carbons (Fsp3) is 0.286. The van der Waals surface area contributed by atoms with Gasteiger partial charge in [0.25, 0.3) is 0 Å². The Kier molecular flexibility index (Phi) is 9.58. The highest BCUT2D eigenvalue weighted by molar-refractivity contribution is 7.08.